The summed E-state index contributed by atoms with van der Waals surface area (Å²) in [6.07, 6.45) is 0.727. The van der Waals surface area contributed by atoms with Crippen LogP contribution in [0.3, 0.4) is 0 Å². The van der Waals surface area contributed by atoms with Gasteiger partial charge in [0.1, 0.15) is 5.82 Å². The number of hydrogen-bond acceptors (Lipinski definition) is 4. The summed E-state index contributed by atoms with van der Waals surface area (Å²) in [5.41, 5.74) is 1.49. The Bertz CT molecular complexity index is 965. The van der Waals surface area contributed by atoms with Gasteiger partial charge in [0.15, 0.2) is 0 Å². The molecule has 0 aliphatic carbocycles. The first-order chi connectivity index (χ1) is 13.1. The van der Waals surface area contributed by atoms with Crippen LogP contribution in [-0.2, 0) is 19.5 Å². The first-order valence-electron chi connectivity index (χ1n) is 8.57. The standard InChI is InChI=1S/C20H17FN2O2S2/c21-15-5-3-13(4-6-15)20(25)23-8-7-17-14(12-23)10-18(27-17)19(24)22-11-16-2-1-9-26-16/h1-6,9-10H,7-8,11-12H2,(H,22,24). The Kier molecular flexibility index (Phi) is 5.05. The molecule has 0 bridgehead atoms. The van der Waals surface area contributed by atoms with Crippen LogP contribution in [-0.4, -0.2) is 23.3 Å². The molecule has 1 aliphatic rings. The minimum absolute atomic E-state index is 0.0841. The van der Waals surface area contributed by atoms with Crippen LogP contribution in [0.5, 0.6) is 0 Å². The number of benzene rings is 1. The number of nitrogens with zero attached hydrogens (tertiary/aromatic N) is 1. The van der Waals surface area contributed by atoms with Gasteiger partial charge in [0.05, 0.1) is 11.4 Å². The number of thiophene rings is 2. The maximum absolute atomic E-state index is 13.1. The van der Waals surface area contributed by atoms with Gasteiger partial charge in [0.2, 0.25) is 0 Å². The van der Waals surface area contributed by atoms with Gasteiger partial charge in [-0.3, -0.25) is 9.59 Å². The van der Waals surface area contributed by atoms with Gasteiger partial charge in [0.25, 0.3) is 11.8 Å². The summed E-state index contributed by atoms with van der Waals surface area (Å²) in [6.45, 7) is 1.59. The summed E-state index contributed by atoms with van der Waals surface area (Å²) in [5, 5.41) is 4.93. The summed E-state index contributed by atoms with van der Waals surface area (Å²) in [7, 11) is 0. The molecule has 2 amide bonds. The molecule has 3 aromatic rings. The van der Waals surface area contributed by atoms with Crippen LogP contribution in [0.25, 0.3) is 0 Å². The molecule has 7 heteroatoms. The van der Waals surface area contributed by atoms with Gasteiger partial charge < -0.3 is 10.2 Å². The second kappa shape index (κ2) is 7.62. The average Bonchev–Trinajstić information content (AvgIpc) is 3.35. The van der Waals surface area contributed by atoms with Gasteiger partial charge in [-0.15, -0.1) is 22.7 Å². The van der Waals surface area contributed by atoms with Crippen molar-refractivity contribution in [2.75, 3.05) is 6.54 Å². The van der Waals surface area contributed by atoms with Crippen molar-refractivity contribution in [3.63, 3.8) is 0 Å². The lowest BCUT2D eigenvalue weighted by molar-refractivity contribution is 0.0735. The lowest BCUT2D eigenvalue weighted by Gasteiger charge is -2.27. The Hall–Kier alpha value is -2.51. The summed E-state index contributed by atoms with van der Waals surface area (Å²) < 4.78 is 13.1. The highest BCUT2D eigenvalue weighted by atomic mass is 32.1. The van der Waals surface area contributed by atoms with E-state index in [2.05, 4.69) is 5.32 Å². The Morgan fingerprint density at radius 2 is 2.00 bits per heavy atom. The molecule has 2 aromatic heterocycles. The summed E-state index contributed by atoms with van der Waals surface area (Å²) in [6, 6.07) is 11.4. The zero-order valence-electron chi connectivity index (χ0n) is 14.4. The van der Waals surface area contributed by atoms with Crippen molar-refractivity contribution in [3.8, 4) is 0 Å². The fourth-order valence-electron chi connectivity index (χ4n) is 3.06. The fraction of sp³-hybridized carbons (Fsp3) is 0.200. The Morgan fingerprint density at radius 3 is 2.74 bits per heavy atom. The topological polar surface area (TPSA) is 49.4 Å². The van der Waals surface area contributed by atoms with Crippen molar-refractivity contribution in [1.82, 2.24) is 10.2 Å². The van der Waals surface area contributed by atoms with Crippen LogP contribution in [0.2, 0.25) is 0 Å². The molecule has 0 saturated heterocycles. The molecule has 0 saturated carbocycles. The number of amides is 2. The van der Waals surface area contributed by atoms with Gasteiger partial charge in [-0.1, -0.05) is 6.07 Å². The fourth-order valence-corrected chi connectivity index (χ4v) is 4.79. The molecule has 0 spiro atoms. The maximum Gasteiger partial charge on any atom is 0.261 e. The number of fused-ring (bicyclic) bond motifs is 1. The van der Waals surface area contributed by atoms with Crippen molar-refractivity contribution in [2.24, 2.45) is 0 Å². The molecule has 0 fully saturated rings. The van der Waals surface area contributed by atoms with Crippen molar-refractivity contribution in [2.45, 2.75) is 19.5 Å². The van der Waals surface area contributed by atoms with E-state index in [1.807, 2.05) is 23.6 Å². The Labute approximate surface area is 164 Å². The number of halogens is 1. The second-order valence-electron chi connectivity index (χ2n) is 6.30. The largest absolute Gasteiger partial charge is 0.346 e. The van der Waals surface area contributed by atoms with Gasteiger partial charge in [0, 0.05) is 28.4 Å². The van der Waals surface area contributed by atoms with Crippen molar-refractivity contribution in [3.05, 3.63) is 79.4 Å². The molecular weight excluding hydrogens is 383 g/mol. The van der Waals surface area contributed by atoms with E-state index in [1.165, 1.54) is 35.6 Å². The van der Waals surface area contributed by atoms with E-state index in [0.717, 1.165) is 21.7 Å². The minimum atomic E-state index is -0.358. The van der Waals surface area contributed by atoms with E-state index in [-0.39, 0.29) is 17.6 Å². The van der Waals surface area contributed by atoms with Crippen LogP contribution in [0.1, 0.15) is 35.3 Å². The van der Waals surface area contributed by atoms with Crippen molar-refractivity contribution >= 4 is 34.5 Å². The minimum Gasteiger partial charge on any atom is -0.346 e. The quantitative estimate of drug-likeness (QED) is 0.718. The normalized spacial score (nSPS) is 13.3. The molecule has 3 heterocycles. The van der Waals surface area contributed by atoms with Gasteiger partial charge in [-0.05, 0) is 53.8 Å². The highest BCUT2D eigenvalue weighted by Crippen LogP contribution is 2.29. The third-order valence-corrected chi connectivity index (χ3v) is 6.58. The van der Waals surface area contributed by atoms with E-state index in [1.54, 1.807) is 16.2 Å². The van der Waals surface area contributed by atoms with E-state index in [4.69, 9.17) is 0 Å². The van der Waals surface area contributed by atoms with Crippen molar-refractivity contribution < 1.29 is 14.0 Å². The van der Waals surface area contributed by atoms with E-state index >= 15 is 0 Å². The molecule has 138 valence electrons. The summed E-state index contributed by atoms with van der Waals surface area (Å²) in [5.74, 6) is -0.557. The monoisotopic (exact) mass is 400 g/mol. The average molecular weight is 401 g/mol. The molecule has 1 N–H and O–H groups in total. The Balaban J connectivity index is 1.43. The molecule has 4 rings (SSSR count). The van der Waals surface area contributed by atoms with Crippen LogP contribution in [0.4, 0.5) is 4.39 Å². The zero-order chi connectivity index (χ0) is 18.8. The van der Waals surface area contributed by atoms with Gasteiger partial charge >= 0.3 is 0 Å². The number of carbonyl (C=O) groups is 2. The highest BCUT2D eigenvalue weighted by molar-refractivity contribution is 7.14. The van der Waals surface area contributed by atoms with Gasteiger partial charge in [-0.25, -0.2) is 4.39 Å². The molecule has 0 atom stereocenters. The predicted molar refractivity (Wildman–Crippen MR) is 105 cm³/mol. The maximum atomic E-state index is 13.1. The van der Waals surface area contributed by atoms with E-state index in [0.29, 0.717) is 30.1 Å². The smallest absolute Gasteiger partial charge is 0.261 e. The second-order valence-corrected chi connectivity index (χ2v) is 8.47. The lowest BCUT2D eigenvalue weighted by atomic mass is 10.1. The number of carbonyl (C=O) groups excluding carboxylic acids is 2. The molecule has 1 aliphatic heterocycles. The van der Waals surface area contributed by atoms with Crippen LogP contribution < -0.4 is 5.32 Å². The summed E-state index contributed by atoms with van der Waals surface area (Å²) >= 11 is 3.11. The molecule has 27 heavy (non-hydrogen) atoms. The Morgan fingerprint density at radius 1 is 1.19 bits per heavy atom. The molecular formula is C20H17FN2O2S2. The predicted octanol–water partition coefficient (Wildman–Crippen LogP) is 4.08. The third kappa shape index (κ3) is 3.94. The lowest BCUT2D eigenvalue weighted by Crippen LogP contribution is -2.35. The SMILES string of the molecule is O=C(NCc1cccs1)c1cc2c(s1)CCN(C(=O)c1ccc(F)cc1)C2. The number of hydrogen-bond donors (Lipinski definition) is 1. The highest BCUT2D eigenvalue weighted by Gasteiger charge is 2.25. The van der Waals surface area contributed by atoms with E-state index < -0.39 is 0 Å². The van der Waals surface area contributed by atoms with E-state index in [9.17, 15) is 14.0 Å². The first-order valence-corrected chi connectivity index (χ1v) is 10.3. The number of rotatable bonds is 4. The first kappa shape index (κ1) is 17.9. The van der Waals surface area contributed by atoms with Crippen molar-refractivity contribution in [1.29, 1.82) is 0 Å². The number of nitrogens with one attached hydrogen (secondary N) is 1. The molecule has 0 radical (unpaired) electrons. The van der Waals surface area contributed by atoms with Crippen LogP contribution >= 0.6 is 22.7 Å². The van der Waals surface area contributed by atoms with Crippen LogP contribution in [0, 0.1) is 5.82 Å². The molecule has 4 nitrogen and oxygen atoms in total. The van der Waals surface area contributed by atoms with Gasteiger partial charge in [-0.2, -0.15) is 0 Å². The molecule has 1 aromatic carbocycles. The zero-order valence-corrected chi connectivity index (χ0v) is 16.0. The van der Waals surface area contributed by atoms with Crippen LogP contribution in [0.15, 0.2) is 47.8 Å². The molecule has 0 unspecified atom stereocenters. The third-order valence-electron chi connectivity index (χ3n) is 4.47. The summed E-state index contributed by atoms with van der Waals surface area (Å²) in [4.78, 5) is 29.7.